The van der Waals surface area contributed by atoms with E-state index in [-0.39, 0.29) is 11.7 Å². The number of carboxylic acids is 1. The molecule has 1 N–H and O–H groups in total. The standard InChI is InChI=1S/C21H26N4O3S2/c1-3-5-6-7-8-17(26)24-9-11-25(12-10-24)19-16-13-15(4-2)30-20(16)23-21(22-19)29-14-18(27)28/h1,13H,4-12,14H2,2H3,(H,27,28). The number of hydrogen-bond acceptors (Lipinski definition) is 7. The predicted molar refractivity (Wildman–Crippen MR) is 121 cm³/mol. The van der Waals surface area contributed by atoms with Crippen molar-refractivity contribution in [3.8, 4) is 12.3 Å². The molecule has 30 heavy (non-hydrogen) atoms. The molecule has 0 radical (unpaired) electrons. The zero-order valence-electron chi connectivity index (χ0n) is 17.1. The molecule has 3 heterocycles. The number of amides is 1. The highest BCUT2D eigenvalue weighted by atomic mass is 32.2. The third-order valence-corrected chi connectivity index (χ3v) is 6.98. The Morgan fingerprint density at radius 2 is 2.03 bits per heavy atom. The highest BCUT2D eigenvalue weighted by Crippen LogP contribution is 2.33. The fourth-order valence-corrected chi connectivity index (χ4v) is 4.95. The van der Waals surface area contributed by atoms with E-state index in [1.807, 2.05) is 4.90 Å². The zero-order chi connectivity index (χ0) is 21.5. The van der Waals surface area contributed by atoms with Gasteiger partial charge in [-0.25, -0.2) is 9.97 Å². The maximum absolute atomic E-state index is 12.4. The van der Waals surface area contributed by atoms with Crippen LogP contribution in [0.3, 0.4) is 0 Å². The Labute approximate surface area is 184 Å². The van der Waals surface area contributed by atoms with Crippen molar-refractivity contribution in [2.75, 3.05) is 36.8 Å². The molecule has 1 aliphatic heterocycles. The van der Waals surface area contributed by atoms with Gasteiger partial charge in [-0.1, -0.05) is 18.7 Å². The first-order chi connectivity index (χ1) is 14.5. The van der Waals surface area contributed by atoms with Crippen LogP contribution in [0.5, 0.6) is 0 Å². The Kier molecular flexibility index (Phi) is 7.94. The summed E-state index contributed by atoms with van der Waals surface area (Å²) in [4.78, 5) is 38.8. The Hall–Kier alpha value is -2.31. The number of thiophene rings is 1. The number of aliphatic carboxylic acids is 1. The molecule has 0 aliphatic carbocycles. The number of carboxylic acid groups (broad SMARTS) is 1. The first-order valence-corrected chi connectivity index (χ1v) is 11.9. The van der Waals surface area contributed by atoms with Crippen molar-refractivity contribution < 1.29 is 14.7 Å². The van der Waals surface area contributed by atoms with Crippen LogP contribution in [0.2, 0.25) is 0 Å². The van der Waals surface area contributed by atoms with Crippen LogP contribution in [-0.4, -0.2) is 63.8 Å². The van der Waals surface area contributed by atoms with Gasteiger partial charge < -0.3 is 14.9 Å². The molecule has 2 aromatic rings. The highest BCUT2D eigenvalue weighted by Gasteiger charge is 2.24. The number of fused-ring (bicyclic) bond motifs is 1. The molecule has 1 amide bonds. The van der Waals surface area contributed by atoms with Crippen LogP contribution in [-0.2, 0) is 16.0 Å². The number of aromatic nitrogens is 2. The van der Waals surface area contributed by atoms with Gasteiger partial charge in [-0.05, 0) is 25.3 Å². The first-order valence-electron chi connectivity index (χ1n) is 10.1. The number of anilines is 1. The lowest BCUT2D eigenvalue weighted by Gasteiger charge is -2.35. The largest absolute Gasteiger partial charge is 0.481 e. The van der Waals surface area contributed by atoms with Crippen molar-refractivity contribution in [2.24, 2.45) is 0 Å². The van der Waals surface area contributed by atoms with Gasteiger partial charge in [0.25, 0.3) is 0 Å². The van der Waals surface area contributed by atoms with Crippen LogP contribution >= 0.6 is 23.1 Å². The van der Waals surface area contributed by atoms with Gasteiger partial charge in [0.2, 0.25) is 5.91 Å². The van der Waals surface area contributed by atoms with E-state index in [0.29, 0.717) is 44.2 Å². The fraction of sp³-hybridized carbons (Fsp3) is 0.524. The van der Waals surface area contributed by atoms with E-state index >= 15 is 0 Å². The second kappa shape index (κ2) is 10.6. The molecular formula is C21H26N4O3S2. The quantitative estimate of drug-likeness (QED) is 0.274. The summed E-state index contributed by atoms with van der Waals surface area (Å²) in [5.41, 5.74) is 0. The molecule has 0 bridgehead atoms. The monoisotopic (exact) mass is 446 g/mol. The summed E-state index contributed by atoms with van der Waals surface area (Å²) < 4.78 is 0. The predicted octanol–water partition coefficient (Wildman–Crippen LogP) is 3.27. The lowest BCUT2D eigenvalue weighted by atomic mass is 10.1. The van der Waals surface area contributed by atoms with Gasteiger partial charge >= 0.3 is 5.97 Å². The second-order valence-electron chi connectivity index (χ2n) is 7.08. The number of terminal acetylenes is 1. The molecule has 0 unspecified atom stereocenters. The van der Waals surface area contributed by atoms with E-state index in [2.05, 4.69) is 33.8 Å². The minimum absolute atomic E-state index is 0.0705. The van der Waals surface area contributed by atoms with Crippen LogP contribution in [0.4, 0.5) is 5.82 Å². The Morgan fingerprint density at radius 3 is 2.70 bits per heavy atom. The van der Waals surface area contributed by atoms with Crippen LogP contribution in [0.1, 0.15) is 37.5 Å². The fourth-order valence-electron chi connectivity index (χ4n) is 3.37. The van der Waals surface area contributed by atoms with Gasteiger partial charge in [0, 0.05) is 43.9 Å². The smallest absolute Gasteiger partial charge is 0.313 e. The topological polar surface area (TPSA) is 86.6 Å². The molecular weight excluding hydrogens is 420 g/mol. The molecule has 160 valence electrons. The lowest BCUT2D eigenvalue weighted by Crippen LogP contribution is -2.49. The molecule has 1 aliphatic rings. The maximum atomic E-state index is 12.4. The average Bonchev–Trinajstić information content (AvgIpc) is 3.18. The van der Waals surface area contributed by atoms with Gasteiger partial charge in [0.15, 0.2) is 5.16 Å². The van der Waals surface area contributed by atoms with Crippen LogP contribution in [0.25, 0.3) is 10.2 Å². The zero-order valence-corrected chi connectivity index (χ0v) is 18.7. The lowest BCUT2D eigenvalue weighted by molar-refractivity contribution is -0.134. The van der Waals surface area contributed by atoms with Crippen molar-refractivity contribution in [3.05, 3.63) is 10.9 Å². The normalized spacial score (nSPS) is 14.1. The molecule has 9 heteroatoms. The number of carbonyl (C=O) groups excluding carboxylic acids is 1. The van der Waals surface area contributed by atoms with Gasteiger partial charge in [-0.2, -0.15) is 0 Å². The van der Waals surface area contributed by atoms with Crippen LogP contribution in [0.15, 0.2) is 11.2 Å². The summed E-state index contributed by atoms with van der Waals surface area (Å²) in [6.45, 7) is 4.81. The average molecular weight is 447 g/mol. The highest BCUT2D eigenvalue weighted by molar-refractivity contribution is 7.99. The number of aryl methyl sites for hydroxylation is 1. The van der Waals surface area contributed by atoms with Crippen molar-refractivity contribution in [2.45, 2.75) is 44.2 Å². The Balaban J connectivity index is 1.71. The molecule has 0 aromatic carbocycles. The number of nitrogens with zero attached hydrogens (tertiary/aromatic N) is 4. The van der Waals surface area contributed by atoms with Gasteiger partial charge in [0.05, 0.1) is 11.1 Å². The molecule has 0 saturated carbocycles. The Bertz CT molecular complexity index is 946. The number of hydrogen-bond donors (Lipinski definition) is 1. The first kappa shape index (κ1) is 22.4. The third-order valence-electron chi connectivity index (χ3n) is 4.97. The number of unbranched alkanes of at least 4 members (excludes halogenated alkanes) is 2. The van der Waals surface area contributed by atoms with E-state index in [0.717, 1.165) is 47.1 Å². The molecule has 0 atom stereocenters. The number of carbonyl (C=O) groups is 2. The van der Waals surface area contributed by atoms with Gasteiger partial charge in [0.1, 0.15) is 10.6 Å². The minimum atomic E-state index is -0.889. The summed E-state index contributed by atoms with van der Waals surface area (Å²) in [6.07, 6.45) is 9.15. The number of thioether (sulfide) groups is 1. The summed E-state index contributed by atoms with van der Waals surface area (Å²) in [7, 11) is 0. The minimum Gasteiger partial charge on any atom is -0.481 e. The van der Waals surface area contributed by atoms with Gasteiger partial charge in [-0.15, -0.1) is 23.7 Å². The van der Waals surface area contributed by atoms with E-state index in [9.17, 15) is 9.59 Å². The SMILES string of the molecule is C#CCCCCC(=O)N1CCN(c2nc(SCC(=O)O)nc3sc(CC)cc23)CC1. The second-order valence-corrected chi connectivity index (χ2v) is 9.13. The van der Waals surface area contributed by atoms with Crippen LogP contribution < -0.4 is 4.90 Å². The van der Waals surface area contributed by atoms with E-state index in [1.165, 1.54) is 4.88 Å². The molecule has 1 saturated heterocycles. The third kappa shape index (κ3) is 5.64. The van der Waals surface area contributed by atoms with Crippen molar-refractivity contribution >= 4 is 51.0 Å². The molecule has 3 rings (SSSR count). The Morgan fingerprint density at radius 1 is 1.27 bits per heavy atom. The van der Waals surface area contributed by atoms with Crippen LogP contribution in [0, 0.1) is 12.3 Å². The van der Waals surface area contributed by atoms with Crippen molar-refractivity contribution in [1.29, 1.82) is 0 Å². The maximum Gasteiger partial charge on any atom is 0.313 e. The number of rotatable bonds is 9. The molecule has 7 nitrogen and oxygen atoms in total. The molecule has 0 spiro atoms. The molecule has 1 fully saturated rings. The summed E-state index contributed by atoms with van der Waals surface area (Å²) in [5.74, 6) is 2.67. The number of piperazine rings is 1. The van der Waals surface area contributed by atoms with Crippen molar-refractivity contribution in [3.63, 3.8) is 0 Å². The summed E-state index contributed by atoms with van der Waals surface area (Å²) in [5, 5.41) is 10.5. The summed E-state index contributed by atoms with van der Waals surface area (Å²) in [6, 6.07) is 2.13. The van der Waals surface area contributed by atoms with E-state index in [1.54, 1.807) is 11.3 Å². The van der Waals surface area contributed by atoms with E-state index < -0.39 is 5.97 Å². The summed E-state index contributed by atoms with van der Waals surface area (Å²) >= 11 is 2.76. The van der Waals surface area contributed by atoms with Gasteiger partial charge in [-0.3, -0.25) is 9.59 Å². The van der Waals surface area contributed by atoms with Crippen molar-refractivity contribution in [1.82, 2.24) is 14.9 Å². The molecule has 2 aromatic heterocycles. The van der Waals surface area contributed by atoms with E-state index in [4.69, 9.17) is 11.5 Å².